The highest BCUT2D eigenvalue weighted by Gasteiger charge is 2.16. The van der Waals surface area contributed by atoms with Crippen molar-refractivity contribution in [1.82, 2.24) is 10.6 Å². The summed E-state index contributed by atoms with van der Waals surface area (Å²) in [5.74, 6) is -0.234. The molecule has 6 nitrogen and oxygen atoms in total. The molecule has 0 aliphatic rings. The van der Waals surface area contributed by atoms with Gasteiger partial charge in [0.05, 0.1) is 0 Å². The summed E-state index contributed by atoms with van der Waals surface area (Å²) in [4.78, 5) is 24.0. The number of carbonyl (C=O) groups is 2. The van der Waals surface area contributed by atoms with E-state index in [1.807, 2.05) is 50.8 Å². The van der Waals surface area contributed by atoms with Crippen molar-refractivity contribution in [1.29, 1.82) is 0 Å². The van der Waals surface area contributed by atoms with Crippen LogP contribution in [0.3, 0.4) is 0 Å². The van der Waals surface area contributed by atoms with Crippen LogP contribution in [0.2, 0.25) is 0 Å². The molecular weight excluding hydrogens is 292 g/mol. The lowest BCUT2D eigenvalue weighted by Gasteiger charge is -2.05. The van der Waals surface area contributed by atoms with Crippen molar-refractivity contribution in [3.05, 3.63) is 60.2 Å². The lowest BCUT2D eigenvalue weighted by Crippen LogP contribution is -2.42. The van der Waals surface area contributed by atoms with E-state index in [9.17, 15) is 9.59 Å². The highest BCUT2D eigenvalue weighted by molar-refractivity contribution is 5.91. The van der Waals surface area contributed by atoms with E-state index in [4.69, 9.17) is 0 Å². The predicted octanol–water partition coefficient (Wildman–Crippen LogP) is -0.114. The maximum atomic E-state index is 12.0. The van der Waals surface area contributed by atoms with Gasteiger partial charge >= 0.3 is 11.8 Å². The number of carbonyl (C=O) groups excluding carboxylic acids is 2. The fourth-order valence-electron chi connectivity index (χ4n) is 2.19. The van der Waals surface area contributed by atoms with Gasteiger partial charge in [-0.2, -0.15) is 9.13 Å². The Balaban J connectivity index is 1.72. The molecule has 2 heterocycles. The summed E-state index contributed by atoms with van der Waals surface area (Å²) in [6.45, 7) is 1.02. The Labute approximate surface area is 135 Å². The maximum absolute atomic E-state index is 12.0. The first kappa shape index (κ1) is 16.6. The second kappa shape index (κ2) is 8.03. The summed E-state index contributed by atoms with van der Waals surface area (Å²) in [7, 11) is 3.66. The Hall–Kier alpha value is -2.76. The third-order valence-electron chi connectivity index (χ3n) is 3.50. The minimum Gasteiger partial charge on any atom is -0.347 e. The van der Waals surface area contributed by atoms with Gasteiger partial charge in [-0.1, -0.05) is 0 Å². The lowest BCUT2D eigenvalue weighted by atomic mass is 10.3. The molecule has 0 spiro atoms. The largest absolute Gasteiger partial charge is 0.347 e. The highest BCUT2D eigenvalue weighted by Crippen LogP contribution is 1.92. The van der Waals surface area contributed by atoms with Gasteiger partial charge in [0, 0.05) is 37.4 Å². The molecule has 0 aliphatic heterocycles. The molecule has 0 bridgehead atoms. The number of hydrogen-bond donors (Lipinski definition) is 2. The topological polar surface area (TPSA) is 66.0 Å². The molecule has 0 aromatic carbocycles. The third-order valence-corrected chi connectivity index (χ3v) is 3.50. The van der Waals surface area contributed by atoms with Crippen LogP contribution in [0.25, 0.3) is 0 Å². The fraction of sp³-hybridized carbons (Fsp3) is 0.294. The minimum atomic E-state index is -0.117. The average molecular weight is 314 g/mol. The van der Waals surface area contributed by atoms with E-state index in [1.54, 1.807) is 21.3 Å². The highest BCUT2D eigenvalue weighted by atomic mass is 16.2. The Kier molecular flexibility index (Phi) is 5.80. The zero-order valence-corrected chi connectivity index (χ0v) is 13.5. The first-order chi connectivity index (χ1) is 11.1. The summed E-state index contributed by atoms with van der Waals surface area (Å²) in [5, 5.41) is 5.70. The predicted molar refractivity (Wildman–Crippen MR) is 84.5 cm³/mol. The SMILES string of the molecule is C[n+]1ccccc1C(=O)NCCCNC(=O)c1cccc[n+]1C. The molecule has 0 saturated carbocycles. The van der Waals surface area contributed by atoms with E-state index in [1.165, 1.54) is 0 Å². The summed E-state index contributed by atoms with van der Waals surface area (Å²) in [5.41, 5.74) is 1.21. The van der Waals surface area contributed by atoms with E-state index in [2.05, 4.69) is 10.6 Å². The van der Waals surface area contributed by atoms with Gasteiger partial charge in [-0.15, -0.1) is 0 Å². The Morgan fingerprint density at radius 1 is 0.826 bits per heavy atom. The molecule has 0 radical (unpaired) electrons. The first-order valence-electron chi connectivity index (χ1n) is 7.55. The standard InChI is InChI=1S/C17H20N4O2/c1-20-12-5-3-8-14(20)16(22)18-10-7-11-19-17(23)15-9-4-6-13-21(15)2/h3-6,8-9,12-13H,7,10-11H2,1-2H3/p+2. The second-order valence-electron chi connectivity index (χ2n) is 5.26. The van der Waals surface area contributed by atoms with Crippen molar-refractivity contribution < 1.29 is 18.7 Å². The molecule has 2 N–H and O–H groups in total. The van der Waals surface area contributed by atoms with E-state index in [-0.39, 0.29) is 11.8 Å². The van der Waals surface area contributed by atoms with Crippen LogP contribution >= 0.6 is 0 Å². The zero-order valence-electron chi connectivity index (χ0n) is 13.5. The van der Waals surface area contributed by atoms with Crippen LogP contribution in [0.5, 0.6) is 0 Å². The normalized spacial score (nSPS) is 10.2. The van der Waals surface area contributed by atoms with E-state index in [0.717, 1.165) is 0 Å². The van der Waals surface area contributed by atoms with Crippen LogP contribution in [0, 0.1) is 0 Å². The number of aromatic nitrogens is 2. The summed E-state index contributed by atoms with van der Waals surface area (Å²) in [6.07, 6.45) is 4.33. The molecule has 2 amide bonds. The number of nitrogens with zero attached hydrogens (tertiary/aromatic N) is 2. The number of aryl methyl sites for hydroxylation is 2. The molecule has 0 unspecified atom stereocenters. The monoisotopic (exact) mass is 314 g/mol. The summed E-state index contributed by atoms with van der Waals surface area (Å²) < 4.78 is 3.54. The molecule has 6 heteroatoms. The second-order valence-corrected chi connectivity index (χ2v) is 5.26. The molecule has 2 aromatic rings. The van der Waals surface area contributed by atoms with Crippen LogP contribution in [0.1, 0.15) is 27.4 Å². The molecule has 0 fully saturated rings. The molecule has 0 aliphatic carbocycles. The lowest BCUT2D eigenvalue weighted by molar-refractivity contribution is -0.673. The van der Waals surface area contributed by atoms with E-state index in [0.29, 0.717) is 30.9 Å². The number of amides is 2. The average Bonchev–Trinajstić information content (AvgIpc) is 2.55. The van der Waals surface area contributed by atoms with Crippen molar-refractivity contribution in [2.75, 3.05) is 13.1 Å². The number of rotatable bonds is 6. The number of nitrogens with one attached hydrogen (secondary N) is 2. The van der Waals surface area contributed by atoms with Crippen LogP contribution in [0.15, 0.2) is 48.8 Å². The maximum Gasteiger partial charge on any atom is 0.316 e. The van der Waals surface area contributed by atoms with Gasteiger partial charge in [0.1, 0.15) is 14.1 Å². The molecule has 0 atom stereocenters. The number of hydrogen-bond acceptors (Lipinski definition) is 2. The molecule has 120 valence electrons. The zero-order chi connectivity index (χ0) is 16.7. The van der Waals surface area contributed by atoms with E-state index < -0.39 is 0 Å². The van der Waals surface area contributed by atoms with Crippen LogP contribution in [-0.2, 0) is 14.1 Å². The van der Waals surface area contributed by atoms with Gasteiger partial charge in [0.15, 0.2) is 12.4 Å². The van der Waals surface area contributed by atoms with Crippen molar-refractivity contribution in [2.45, 2.75) is 6.42 Å². The molecule has 23 heavy (non-hydrogen) atoms. The summed E-state index contributed by atoms with van der Waals surface area (Å²) in [6, 6.07) is 10.9. The van der Waals surface area contributed by atoms with Gasteiger partial charge in [-0.05, 0) is 18.6 Å². The molecule has 2 rings (SSSR count). The first-order valence-corrected chi connectivity index (χ1v) is 7.55. The van der Waals surface area contributed by atoms with Crippen molar-refractivity contribution >= 4 is 11.8 Å². The Bertz CT molecular complexity index is 641. The van der Waals surface area contributed by atoms with Gasteiger partial charge in [-0.3, -0.25) is 9.59 Å². The van der Waals surface area contributed by atoms with Crippen molar-refractivity contribution in [2.24, 2.45) is 14.1 Å². The van der Waals surface area contributed by atoms with Crippen molar-refractivity contribution in [3.63, 3.8) is 0 Å². The molecule has 2 aromatic heterocycles. The molecule has 0 saturated heterocycles. The van der Waals surface area contributed by atoms with E-state index >= 15 is 0 Å². The minimum absolute atomic E-state index is 0.117. The fourth-order valence-corrected chi connectivity index (χ4v) is 2.19. The smallest absolute Gasteiger partial charge is 0.316 e. The number of pyridine rings is 2. The Morgan fingerprint density at radius 3 is 1.65 bits per heavy atom. The third kappa shape index (κ3) is 4.60. The van der Waals surface area contributed by atoms with Crippen LogP contribution < -0.4 is 19.8 Å². The molecular formula is C17H22N4O2+2. The Morgan fingerprint density at radius 2 is 1.26 bits per heavy atom. The van der Waals surface area contributed by atoms with Crippen LogP contribution in [-0.4, -0.2) is 24.9 Å². The quantitative estimate of drug-likeness (QED) is 0.577. The van der Waals surface area contributed by atoms with Gasteiger partial charge in [0.2, 0.25) is 0 Å². The van der Waals surface area contributed by atoms with Crippen molar-refractivity contribution in [3.8, 4) is 0 Å². The van der Waals surface area contributed by atoms with Gasteiger partial charge < -0.3 is 10.6 Å². The summed E-state index contributed by atoms with van der Waals surface area (Å²) >= 11 is 0. The van der Waals surface area contributed by atoms with Gasteiger partial charge in [0.25, 0.3) is 11.4 Å². The van der Waals surface area contributed by atoms with Crippen LogP contribution in [0.4, 0.5) is 0 Å². The van der Waals surface area contributed by atoms with Gasteiger partial charge in [-0.25, -0.2) is 0 Å².